The highest BCUT2D eigenvalue weighted by Crippen LogP contribution is 2.17. The van der Waals surface area contributed by atoms with Crippen LogP contribution in [-0.4, -0.2) is 9.97 Å². The molecule has 0 unspecified atom stereocenters. The van der Waals surface area contributed by atoms with E-state index in [9.17, 15) is 0 Å². The molecule has 19 heavy (non-hydrogen) atoms. The first-order chi connectivity index (χ1) is 9.04. The van der Waals surface area contributed by atoms with Gasteiger partial charge in [0.2, 0.25) is 0 Å². The predicted octanol–water partition coefficient (Wildman–Crippen LogP) is 2.91. The molecule has 2 aromatic rings. The molecule has 3 nitrogen and oxygen atoms in total. The van der Waals surface area contributed by atoms with Crippen LogP contribution < -0.4 is 10.5 Å². The number of pyridine rings is 1. The minimum Gasteiger partial charge on any atom is -0.489 e. The van der Waals surface area contributed by atoms with Crippen molar-refractivity contribution in [1.82, 2.24) is 4.98 Å². The molecule has 2 N–H and O–H groups in total. The van der Waals surface area contributed by atoms with Crippen molar-refractivity contribution in [3.8, 4) is 5.75 Å². The van der Waals surface area contributed by atoms with Crippen molar-refractivity contribution >= 4 is 17.2 Å². The number of nitrogens with zero attached hydrogens (tertiary/aromatic N) is 1. The Hall–Kier alpha value is -1.94. The number of nitrogens with two attached hydrogens (primary N) is 1. The standard InChI is InChI=1S/C15H16N2OS/c1-10-5-11(2)7-13(6-10)18-9-12-3-4-17-14(8-12)15(16)19/h3-8H,9H2,1-2H3,(H2,16,19). The van der Waals surface area contributed by atoms with Crippen molar-refractivity contribution in [2.75, 3.05) is 0 Å². The third kappa shape index (κ3) is 3.76. The zero-order valence-electron chi connectivity index (χ0n) is 11.0. The smallest absolute Gasteiger partial charge is 0.122 e. The van der Waals surface area contributed by atoms with Gasteiger partial charge in [0.15, 0.2) is 0 Å². The Morgan fingerprint density at radius 1 is 1.21 bits per heavy atom. The molecule has 2 rings (SSSR count). The van der Waals surface area contributed by atoms with E-state index in [0.29, 0.717) is 17.3 Å². The molecule has 0 aliphatic heterocycles. The maximum absolute atomic E-state index is 5.78. The highest BCUT2D eigenvalue weighted by molar-refractivity contribution is 7.80. The molecule has 0 amide bonds. The van der Waals surface area contributed by atoms with E-state index < -0.39 is 0 Å². The van der Waals surface area contributed by atoms with E-state index in [4.69, 9.17) is 22.7 Å². The van der Waals surface area contributed by atoms with E-state index in [-0.39, 0.29) is 0 Å². The first-order valence-corrected chi connectivity index (χ1v) is 6.41. The lowest BCUT2D eigenvalue weighted by Gasteiger charge is -2.09. The molecule has 98 valence electrons. The summed E-state index contributed by atoms with van der Waals surface area (Å²) in [5, 5.41) is 0. The van der Waals surface area contributed by atoms with E-state index >= 15 is 0 Å². The topological polar surface area (TPSA) is 48.1 Å². The van der Waals surface area contributed by atoms with Crippen LogP contribution in [0.25, 0.3) is 0 Å². The average molecular weight is 272 g/mol. The Bertz CT molecular complexity index is 591. The summed E-state index contributed by atoms with van der Waals surface area (Å²) < 4.78 is 5.78. The molecule has 0 spiro atoms. The number of thiocarbonyl (C=S) groups is 1. The lowest BCUT2D eigenvalue weighted by Crippen LogP contribution is -2.12. The van der Waals surface area contributed by atoms with E-state index in [0.717, 1.165) is 11.3 Å². The van der Waals surface area contributed by atoms with Crippen LogP contribution >= 0.6 is 12.2 Å². The second-order valence-corrected chi connectivity index (χ2v) is 4.97. The zero-order chi connectivity index (χ0) is 13.8. The number of benzene rings is 1. The lowest BCUT2D eigenvalue weighted by molar-refractivity contribution is 0.305. The van der Waals surface area contributed by atoms with Gasteiger partial charge in [-0.3, -0.25) is 4.98 Å². The number of aromatic nitrogens is 1. The van der Waals surface area contributed by atoms with E-state index in [1.165, 1.54) is 11.1 Å². The number of aryl methyl sites for hydroxylation is 2. The summed E-state index contributed by atoms with van der Waals surface area (Å²) in [6.07, 6.45) is 1.69. The quantitative estimate of drug-likeness (QED) is 0.869. The average Bonchev–Trinajstić information content (AvgIpc) is 2.35. The first-order valence-electron chi connectivity index (χ1n) is 6.00. The third-order valence-corrected chi connectivity index (χ3v) is 2.89. The van der Waals surface area contributed by atoms with Gasteiger partial charge in [-0.1, -0.05) is 18.3 Å². The molecule has 1 aromatic heterocycles. The summed E-state index contributed by atoms with van der Waals surface area (Å²) in [7, 11) is 0. The fraction of sp³-hybridized carbons (Fsp3) is 0.200. The van der Waals surface area contributed by atoms with Crippen molar-refractivity contribution in [3.63, 3.8) is 0 Å². The molecular formula is C15H16N2OS. The van der Waals surface area contributed by atoms with Crippen LogP contribution in [0.15, 0.2) is 36.5 Å². The molecule has 0 aliphatic carbocycles. The molecule has 0 saturated carbocycles. The molecular weight excluding hydrogens is 256 g/mol. The molecule has 4 heteroatoms. The summed E-state index contributed by atoms with van der Waals surface area (Å²) in [4.78, 5) is 4.40. The summed E-state index contributed by atoms with van der Waals surface area (Å²) in [6.45, 7) is 4.58. The van der Waals surface area contributed by atoms with E-state index in [1.807, 2.05) is 24.3 Å². The van der Waals surface area contributed by atoms with Crippen molar-refractivity contribution in [2.45, 2.75) is 20.5 Å². The SMILES string of the molecule is Cc1cc(C)cc(OCc2ccnc(C(N)=S)c2)c1. The summed E-state index contributed by atoms with van der Waals surface area (Å²) in [5.74, 6) is 0.867. The van der Waals surface area contributed by atoms with Crippen LogP contribution in [-0.2, 0) is 6.61 Å². The predicted molar refractivity (Wildman–Crippen MR) is 80.4 cm³/mol. The molecule has 1 heterocycles. The number of rotatable bonds is 4. The Kier molecular flexibility index (Phi) is 4.12. The van der Waals surface area contributed by atoms with Crippen LogP contribution in [0.2, 0.25) is 0 Å². The van der Waals surface area contributed by atoms with Crippen molar-refractivity contribution < 1.29 is 4.74 Å². The number of ether oxygens (including phenoxy) is 1. The Morgan fingerprint density at radius 3 is 2.53 bits per heavy atom. The van der Waals surface area contributed by atoms with Gasteiger partial charge in [-0.2, -0.15) is 0 Å². The van der Waals surface area contributed by atoms with Crippen LogP contribution in [0.3, 0.4) is 0 Å². The second kappa shape index (κ2) is 5.80. The monoisotopic (exact) mass is 272 g/mol. The number of hydrogen-bond donors (Lipinski definition) is 1. The molecule has 0 radical (unpaired) electrons. The highest BCUT2D eigenvalue weighted by atomic mass is 32.1. The van der Waals surface area contributed by atoms with Gasteiger partial charge < -0.3 is 10.5 Å². The van der Waals surface area contributed by atoms with Gasteiger partial charge in [0.1, 0.15) is 17.3 Å². The highest BCUT2D eigenvalue weighted by Gasteiger charge is 2.02. The van der Waals surface area contributed by atoms with Crippen LogP contribution in [0.5, 0.6) is 5.75 Å². The summed E-state index contributed by atoms with van der Waals surface area (Å²) in [6, 6.07) is 9.89. The van der Waals surface area contributed by atoms with Crippen molar-refractivity contribution in [1.29, 1.82) is 0 Å². The second-order valence-electron chi connectivity index (χ2n) is 4.53. The van der Waals surface area contributed by atoms with Gasteiger partial charge in [0.25, 0.3) is 0 Å². The largest absolute Gasteiger partial charge is 0.489 e. The Labute approximate surface area is 118 Å². The van der Waals surface area contributed by atoms with E-state index in [2.05, 4.69) is 24.9 Å². The lowest BCUT2D eigenvalue weighted by atomic mass is 10.1. The third-order valence-electron chi connectivity index (χ3n) is 2.68. The minimum atomic E-state index is 0.299. The van der Waals surface area contributed by atoms with Gasteiger partial charge >= 0.3 is 0 Å². The fourth-order valence-electron chi connectivity index (χ4n) is 1.88. The summed E-state index contributed by atoms with van der Waals surface area (Å²) >= 11 is 4.91. The molecule has 1 aromatic carbocycles. The van der Waals surface area contributed by atoms with Gasteiger partial charge in [-0.25, -0.2) is 0 Å². The van der Waals surface area contributed by atoms with Crippen molar-refractivity contribution in [2.24, 2.45) is 5.73 Å². The molecule has 0 aliphatic rings. The maximum atomic E-state index is 5.78. The molecule has 0 saturated heterocycles. The Morgan fingerprint density at radius 2 is 1.89 bits per heavy atom. The van der Waals surface area contributed by atoms with E-state index in [1.54, 1.807) is 6.20 Å². The normalized spacial score (nSPS) is 10.2. The fourth-order valence-corrected chi connectivity index (χ4v) is 1.99. The number of hydrogen-bond acceptors (Lipinski definition) is 3. The van der Waals surface area contributed by atoms with Gasteiger partial charge in [-0.05, 0) is 54.8 Å². The van der Waals surface area contributed by atoms with Gasteiger partial charge in [-0.15, -0.1) is 0 Å². The molecule has 0 fully saturated rings. The Balaban J connectivity index is 2.10. The minimum absolute atomic E-state index is 0.299. The van der Waals surface area contributed by atoms with Crippen LogP contribution in [0.1, 0.15) is 22.4 Å². The summed E-state index contributed by atoms with van der Waals surface area (Å²) in [5.41, 5.74) is 9.55. The van der Waals surface area contributed by atoms with Gasteiger partial charge in [0.05, 0.1) is 5.69 Å². The van der Waals surface area contributed by atoms with Crippen LogP contribution in [0.4, 0.5) is 0 Å². The maximum Gasteiger partial charge on any atom is 0.122 e. The van der Waals surface area contributed by atoms with Crippen molar-refractivity contribution in [3.05, 3.63) is 58.9 Å². The first kappa shape index (κ1) is 13.5. The van der Waals surface area contributed by atoms with Crippen LogP contribution in [0, 0.1) is 13.8 Å². The van der Waals surface area contributed by atoms with Gasteiger partial charge in [0, 0.05) is 6.20 Å². The zero-order valence-corrected chi connectivity index (χ0v) is 11.8. The molecule has 0 atom stereocenters. The molecule has 0 bridgehead atoms.